The number of rotatable bonds is 4. The molecular formula is C24H20FNO4. The maximum absolute atomic E-state index is 14.1. The number of aliphatic hydroxyl groups excluding tert-OH is 1. The molecule has 1 amide bonds. The third kappa shape index (κ3) is 3.41. The molecule has 30 heavy (non-hydrogen) atoms. The number of nitrogens with zero attached hydrogens (tertiary/aromatic N) is 1. The number of carbonyl (C=O) groups excluding carboxylic acids is 2. The van der Waals surface area contributed by atoms with Crippen LogP contribution in [0.3, 0.4) is 0 Å². The van der Waals surface area contributed by atoms with Crippen molar-refractivity contribution in [3.05, 3.63) is 100 Å². The minimum Gasteiger partial charge on any atom is -0.507 e. The maximum atomic E-state index is 14.1. The lowest BCUT2D eigenvalue weighted by Gasteiger charge is -2.24. The average Bonchev–Trinajstić information content (AvgIpc) is 3.33. The highest BCUT2D eigenvalue weighted by atomic mass is 19.1. The molecule has 6 heteroatoms. The number of likely N-dealkylation sites (tertiary alicyclic amines) is 1. The van der Waals surface area contributed by atoms with E-state index in [0.717, 1.165) is 11.6 Å². The molecule has 1 fully saturated rings. The van der Waals surface area contributed by atoms with Gasteiger partial charge in [-0.05, 0) is 43.2 Å². The van der Waals surface area contributed by atoms with Crippen molar-refractivity contribution in [1.82, 2.24) is 4.90 Å². The summed E-state index contributed by atoms with van der Waals surface area (Å²) in [6.45, 7) is 3.60. The molecule has 2 heterocycles. The molecule has 1 atom stereocenters. The number of amides is 1. The van der Waals surface area contributed by atoms with Crippen LogP contribution in [-0.2, 0) is 16.1 Å². The van der Waals surface area contributed by atoms with Crippen LogP contribution in [0.5, 0.6) is 0 Å². The van der Waals surface area contributed by atoms with E-state index in [1.54, 1.807) is 19.1 Å². The molecule has 1 unspecified atom stereocenters. The lowest BCUT2D eigenvalue weighted by molar-refractivity contribution is -0.140. The topological polar surface area (TPSA) is 70.8 Å². The molecule has 3 aromatic rings. The van der Waals surface area contributed by atoms with Gasteiger partial charge in [-0.25, -0.2) is 4.39 Å². The van der Waals surface area contributed by atoms with Crippen molar-refractivity contribution in [3.63, 3.8) is 0 Å². The molecule has 0 saturated carbocycles. The normalized spacial score (nSPS) is 18.2. The summed E-state index contributed by atoms with van der Waals surface area (Å²) in [6, 6.07) is 14.2. The number of Topliss-reactive ketones (excluding diaryl/α,β-unsaturated/α-hetero) is 1. The molecule has 2 aromatic carbocycles. The standard InChI is InChI=1S/C24H20FNO4/c1-14-5-8-16(9-6-14)21-20(22(27)17-10-7-15(2)19(25)12-17)23(28)24(29)26(21)13-18-4-3-11-30-18/h3-12,21,27H,13H2,1-2H3/b22-20-. The number of carbonyl (C=O) groups is 2. The van der Waals surface area contributed by atoms with Gasteiger partial charge in [-0.15, -0.1) is 0 Å². The average molecular weight is 405 g/mol. The molecule has 4 rings (SSSR count). The Hall–Kier alpha value is -3.67. The van der Waals surface area contributed by atoms with Crippen molar-refractivity contribution < 1.29 is 23.5 Å². The molecule has 1 aliphatic rings. The van der Waals surface area contributed by atoms with Gasteiger partial charge in [0.25, 0.3) is 11.7 Å². The van der Waals surface area contributed by atoms with Crippen molar-refractivity contribution in [2.24, 2.45) is 0 Å². The van der Waals surface area contributed by atoms with Gasteiger partial charge in [0.05, 0.1) is 24.4 Å². The summed E-state index contributed by atoms with van der Waals surface area (Å²) >= 11 is 0. The number of benzene rings is 2. The van der Waals surface area contributed by atoms with Gasteiger partial charge in [-0.2, -0.15) is 0 Å². The summed E-state index contributed by atoms with van der Waals surface area (Å²) < 4.78 is 19.4. The zero-order valence-corrected chi connectivity index (χ0v) is 16.6. The Morgan fingerprint density at radius 2 is 1.83 bits per heavy atom. The smallest absolute Gasteiger partial charge is 0.296 e. The Morgan fingerprint density at radius 3 is 2.47 bits per heavy atom. The first-order chi connectivity index (χ1) is 14.4. The first-order valence-electron chi connectivity index (χ1n) is 9.50. The minimum absolute atomic E-state index is 0.0646. The van der Waals surface area contributed by atoms with Gasteiger partial charge in [0.2, 0.25) is 0 Å². The van der Waals surface area contributed by atoms with Crippen molar-refractivity contribution in [1.29, 1.82) is 0 Å². The van der Waals surface area contributed by atoms with E-state index in [2.05, 4.69) is 0 Å². The van der Waals surface area contributed by atoms with Gasteiger partial charge in [0.15, 0.2) is 0 Å². The molecule has 152 valence electrons. The summed E-state index contributed by atoms with van der Waals surface area (Å²) in [6.07, 6.45) is 1.49. The first-order valence-corrected chi connectivity index (χ1v) is 9.50. The van der Waals surface area contributed by atoms with Crippen molar-refractivity contribution in [3.8, 4) is 0 Å². The van der Waals surface area contributed by atoms with Crippen LogP contribution in [-0.4, -0.2) is 21.7 Å². The Labute approximate surface area is 173 Å². The maximum Gasteiger partial charge on any atom is 0.296 e. The Bertz CT molecular complexity index is 1150. The van der Waals surface area contributed by atoms with E-state index >= 15 is 0 Å². The fraction of sp³-hybridized carbons (Fsp3) is 0.167. The van der Waals surface area contributed by atoms with Crippen molar-refractivity contribution in [2.45, 2.75) is 26.4 Å². The van der Waals surface area contributed by atoms with Gasteiger partial charge >= 0.3 is 0 Å². The van der Waals surface area contributed by atoms with Crippen LogP contribution in [0, 0.1) is 19.7 Å². The van der Waals surface area contributed by atoms with Gasteiger partial charge in [-0.3, -0.25) is 9.59 Å². The van der Waals surface area contributed by atoms with E-state index in [9.17, 15) is 19.1 Å². The SMILES string of the molecule is Cc1ccc(C2/C(=C(/O)c3ccc(C)c(F)c3)C(=O)C(=O)N2Cc2ccco2)cc1. The van der Waals surface area contributed by atoms with Crippen LogP contribution in [0.1, 0.15) is 34.1 Å². The fourth-order valence-electron chi connectivity index (χ4n) is 3.60. The Balaban J connectivity index is 1.87. The zero-order valence-electron chi connectivity index (χ0n) is 16.6. The summed E-state index contributed by atoms with van der Waals surface area (Å²) in [5, 5.41) is 10.9. The summed E-state index contributed by atoms with van der Waals surface area (Å²) in [5.41, 5.74) is 2.17. The minimum atomic E-state index is -0.819. The zero-order chi connectivity index (χ0) is 21.4. The van der Waals surface area contributed by atoms with Crippen LogP contribution in [0.4, 0.5) is 4.39 Å². The number of halogens is 1. The Kier molecular flexibility index (Phi) is 4.99. The quantitative estimate of drug-likeness (QED) is 0.389. The predicted octanol–water partition coefficient (Wildman–Crippen LogP) is 4.66. The molecule has 0 spiro atoms. The van der Waals surface area contributed by atoms with E-state index in [1.807, 2.05) is 31.2 Å². The largest absolute Gasteiger partial charge is 0.507 e. The highest BCUT2D eigenvalue weighted by Gasteiger charge is 2.46. The van der Waals surface area contributed by atoms with Crippen molar-refractivity contribution in [2.75, 3.05) is 0 Å². The van der Waals surface area contributed by atoms with Gasteiger partial charge < -0.3 is 14.4 Å². The molecule has 1 aliphatic heterocycles. The van der Waals surface area contributed by atoms with Crippen LogP contribution in [0.2, 0.25) is 0 Å². The van der Waals surface area contributed by atoms with Crippen LogP contribution < -0.4 is 0 Å². The summed E-state index contributed by atoms with van der Waals surface area (Å²) in [5.74, 6) is -1.96. The van der Waals surface area contributed by atoms with Gasteiger partial charge in [-0.1, -0.05) is 42.0 Å². The molecule has 0 aliphatic carbocycles. The lowest BCUT2D eigenvalue weighted by Crippen LogP contribution is -2.29. The summed E-state index contributed by atoms with van der Waals surface area (Å²) in [7, 11) is 0. The van der Waals surface area contributed by atoms with Gasteiger partial charge in [0.1, 0.15) is 17.3 Å². The van der Waals surface area contributed by atoms with E-state index in [0.29, 0.717) is 16.9 Å². The third-order valence-corrected chi connectivity index (χ3v) is 5.28. The number of furan rings is 1. The van der Waals surface area contributed by atoms with Crippen LogP contribution in [0.25, 0.3) is 5.76 Å². The van der Waals surface area contributed by atoms with Gasteiger partial charge in [0, 0.05) is 5.56 Å². The molecular weight excluding hydrogens is 385 g/mol. The summed E-state index contributed by atoms with van der Waals surface area (Å²) in [4.78, 5) is 27.2. The molecule has 1 aromatic heterocycles. The number of hydrogen-bond donors (Lipinski definition) is 1. The van der Waals surface area contributed by atoms with E-state index in [-0.39, 0.29) is 17.7 Å². The number of ketones is 1. The van der Waals surface area contributed by atoms with E-state index in [1.165, 1.54) is 23.3 Å². The second-order valence-corrected chi connectivity index (χ2v) is 7.38. The third-order valence-electron chi connectivity index (χ3n) is 5.28. The second-order valence-electron chi connectivity index (χ2n) is 7.38. The number of hydrogen-bond acceptors (Lipinski definition) is 4. The van der Waals surface area contributed by atoms with Crippen LogP contribution in [0.15, 0.2) is 70.9 Å². The van der Waals surface area contributed by atoms with Crippen LogP contribution >= 0.6 is 0 Å². The molecule has 5 nitrogen and oxygen atoms in total. The monoisotopic (exact) mass is 405 g/mol. The highest BCUT2D eigenvalue weighted by molar-refractivity contribution is 6.46. The second kappa shape index (κ2) is 7.63. The Morgan fingerprint density at radius 1 is 1.10 bits per heavy atom. The number of aryl methyl sites for hydroxylation is 2. The fourth-order valence-corrected chi connectivity index (χ4v) is 3.60. The van der Waals surface area contributed by atoms with Crippen molar-refractivity contribution >= 4 is 17.4 Å². The molecule has 0 bridgehead atoms. The molecule has 1 saturated heterocycles. The lowest BCUT2D eigenvalue weighted by atomic mass is 9.94. The van der Waals surface area contributed by atoms with E-state index < -0.39 is 29.3 Å². The molecule has 0 radical (unpaired) electrons. The highest BCUT2D eigenvalue weighted by Crippen LogP contribution is 2.40. The first kappa shape index (κ1) is 19.6. The predicted molar refractivity (Wildman–Crippen MR) is 109 cm³/mol. The van der Waals surface area contributed by atoms with E-state index in [4.69, 9.17) is 4.42 Å². The molecule has 1 N–H and O–H groups in total. The number of aliphatic hydroxyl groups is 1.